The Kier molecular flexibility index (Phi) is 7.26. The molecule has 6 nitrogen and oxygen atoms in total. The van der Waals surface area contributed by atoms with E-state index in [0.717, 1.165) is 39.2 Å². The standard InChI is InChI=1S/C22H23N5OS3/c1-3-27-19(13-29-12-16-10-8-15(2)9-11-16)25-26-22(27)30-14-20(28)24-21-23-17-6-4-5-7-18(17)31-21/h4-11H,3,12-14H2,1-2H3,(H,23,24,28). The average molecular weight is 470 g/mol. The van der Waals surface area contributed by atoms with E-state index in [2.05, 4.69) is 63.2 Å². The quantitative estimate of drug-likeness (QED) is 0.332. The van der Waals surface area contributed by atoms with Crippen LogP contribution in [0.1, 0.15) is 23.9 Å². The highest BCUT2D eigenvalue weighted by molar-refractivity contribution is 7.99. The molecule has 1 N–H and O–H groups in total. The molecule has 0 aliphatic rings. The van der Waals surface area contributed by atoms with Crippen LogP contribution in [0.3, 0.4) is 0 Å². The van der Waals surface area contributed by atoms with Crippen LogP contribution in [-0.4, -0.2) is 31.4 Å². The number of nitrogens with zero attached hydrogens (tertiary/aromatic N) is 4. The van der Waals surface area contributed by atoms with Crippen LogP contribution in [0.15, 0.2) is 53.7 Å². The van der Waals surface area contributed by atoms with Crippen molar-refractivity contribution in [1.29, 1.82) is 0 Å². The van der Waals surface area contributed by atoms with Gasteiger partial charge in [-0.25, -0.2) is 4.98 Å². The maximum absolute atomic E-state index is 12.4. The highest BCUT2D eigenvalue weighted by atomic mass is 32.2. The van der Waals surface area contributed by atoms with Gasteiger partial charge in [0.15, 0.2) is 10.3 Å². The van der Waals surface area contributed by atoms with E-state index in [1.165, 1.54) is 34.2 Å². The Morgan fingerprint density at radius 3 is 2.68 bits per heavy atom. The van der Waals surface area contributed by atoms with Crippen LogP contribution in [0.2, 0.25) is 0 Å². The second-order valence-electron chi connectivity index (χ2n) is 6.95. The molecular weight excluding hydrogens is 446 g/mol. The molecule has 0 saturated carbocycles. The van der Waals surface area contributed by atoms with Crippen molar-refractivity contribution in [3.8, 4) is 0 Å². The van der Waals surface area contributed by atoms with E-state index < -0.39 is 0 Å². The van der Waals surface area contributed by atoms with Crippen molar-refractivity contribution in [3.63, 3.8) is 0 Å². The molecule has 2 aromatic heterocycles. The van der Waals surface area contributed by atoms with Crippen LogP contribution in [0.4, 0.5) is 5.13 Å². The molecule has 0 spiro atoms. The fourth-order valence-electron chi connectivity index (χ4n) is 3.01. The number of aromatic nitrogens is 4. The summed E-state index contributed by atoms with van der Waals surface area (Å²) in [6.45, 7) is 4.94. The number of fused-ring (bicyclic) bond motifs is 1. The van der Waals surface area contributed by atoms with Crippen LogP contribution in [0, 0.1) is 6.92 Å². The van der Waals surface area contributed by atoms with Crippen molar-refractivity contribution < 1.29 is 4.79 Å². The Morgan fingerprint density at radius 1 is 1.10 bits per heavy atom. The van der Waals surface area contributed by atoms with Crippen LogP contribution in [0.5, 0.6) is 0 Å². The maximum Gasteiger partial charge on any atom is 0.236 e. The molecule has 0 unspecified atom stereocenters. The van der Waals surface area contributed by atoms with Crippen molar-refractivity contribution >= 4 is 56.1 Å². The first-order valence-electron chi connectivity index (χ1n) is 9.96. The number of thioether (sulfide) groups is 2. The van der Waals surface area contributed by atoms with Gasteiger partial charge in [0.2, 0.25) is 5.91 Å². The predicted octanol–water partition coefficient (Wildman–Crippen LogP) is 5.38. The Hall–Kier alpha value is -2.36. The molecule has 0 aliphatic heterocycles. The summed E-state index contributed by atoms with van der Waals surface area (Å²) < 4.78 is 3.14. The van der Waals surface area contributed by atoms with E-state index in [1.54, 1.807) is 0 Å². The number of amides is 1. The van der Waals surface area contributed by atoms with Crippen molar-refractivity contribution in [2.45, 2.75) is 37.1 Å². The van der Waals surface area contributed by atoms with Crippen molar-refractivity contribution in [2.24, 2.45) is 0 Å². The van der Waals surface area contributed by atoms with E-state index in [0.29, 0.717) is 5.13 Å². The fraction of sp³-hybridized carbons (Fsp3) is 0.273. The lowest BCUT2D eigenvalue weighted by Crippen LogP contribution is -2.14. The lowest BCUT2D eigenvalue weighted by Gasteiger charge is -2.07. The zero-order valence-corrected chi connectivity index (χ0v) is 19.8. The monoisotopic (exact) mass is 469 g/mol. The number of carbonyl (C=O) groups excluding carboxylic acids is 1. The number of nitrogens with one attached hydrogen (secondary N) is 1. The maximum atomic E-state index is 12.4. The molecule has 0 aliphatic carbocycles. The molecule has 1 amide bonds. The molecule has 4 aromatic rings. The molecule has 0 bridgehead atoms. The molecule has 0 fully saturated rings. The zero-order valence-electron chi connectivity index (χ0n) is 17.4. The molecule has 160 valence electrons. The van der Waals surface area contributed by atoms with Gasteiger partial charge in [-0.05, 0) is 31.5 Å². The number of hydrogen-bond acceptors (Lipinski definition) is 7. The second kappa shape index (κ2) is 10.3. The first-order valence-corrected chi connectivity index (χ1v) is 12.9. The topological polar surface area (TPSA) is 72.7 Å². The number of anilines is 1. The summed E-state index contributed by atoms with van der Waals surface area (Å²) in [4.78, 5) is 16.8. The van der Waals surface area contributed by atoms with Gasteiger partial charge in [-0.3, -0.25) is 4.79 Å². The third kappa shape index (κ3) is 5.66. The van der Waals surface area contributed by atoms with Gasteiger partial charge in [-0.1, -0.05) is 65.1 Å². The molecule has 0 radical (unpaired) electrons. The number of para-hydroxylation sites is 1. The summed E-state index contributed by atoms with van der Waals surface area (Å²) in [5, 5.41) is 12.9. The first kappa shape index (κ1) is 21.9. The van der Waals surface area contributed by atoms with E-state index in [9.17, 15) is 4.79 Å². The lowest BCUT2D eigenvalue weighted by atomic mass is 10.2. The molecule has 2 aromatic carbocycles. The van der Waals surface area contributed by atoms with Crippen LogP contribution in [-0.2, 0) is 22.8 Å². The largest absolute Gasteiger partial charge is 0.306 e. The van der Waals surface area contributed by atoms with Gasteiger partial charge in [0.25, 0.3) is 0 Å². The van der Waals surface area contributed by atoms with Gasteiger partial charge in [-0.2, -0.15) is 0 Å². The summed E-state index contributed by atoms with van der Waals surface area (Å²) in [6, 6.07) is 16.5. The molecular formula is C22H23N5OS3. The van der Waals surface area contributed by atoms with E-state index in [1.807, 2.05) is 36.0 Å². The van der Waals surface area contributed by atoms with Crippen molar-refractivity contribution in [1.82, 2.24) is 19.7 Å². The number of aryl methyl sites for hydroxylation is 1. The number of thiazole rings is 1. The molecule has 0 atom stereocenters. The number of benzene rings is 2. The fourth-order valence-corrected chi connectivity index (χ4v) is 5.64. The SMILES string of the molecule is CCn1c(CSCc2ccc(C)cc2)nnc1SCC(=O)Nc1nc2ccccc2s1. The highest BCUT2D eigenvalue weighted by Crippen LogP contribution is 2.26. The Balaban J connectivity index is 1.30. The summed E-state index contributed by atoms with van der Waals surface area (Å²) >= 11 is 4.70. The van der Waals surface area contributed by atoms with Gasteiger partial charge in [-0.15, -0.1) is 22.0 Å². The zero-order chi connectivity index (χ0) is 21.6. The van der Waals surface area contributed by atoms with Crippen LogP contribution in [0.25, 0.3) is 10.2 Å². The summed E-state index contributed by atoms with van der Waals surface area (Å²) in [5.74, 6) is 2.83. The van der Waals surface area contributed by atoms with Crippen LogP contribution >= 0.6 is 34.9 Å². The summed E-state index contributed by atoms with van der Waals surface area (Å²) in [6.07, 6.45) is 0. The third-order valence-corrected chi connectivity index (χ3v) is 7.52. The van der Waals surface area contributed by atoms with E-state index in [4.69, 9.17) is 0 Å². The Bertz CT molecular complexity index is 1140. The van der Waals surface area contributed by atoms with Gasteiger partial charge in [0, 0.05) is 12.3 Å². The number of carbonyl (C=O) groups is 1. The van der Waals surface area contributed by atoms with Gasteiger partial charge in [0.05, 0.1) is 21.7 Å². The number of rotatable bonds is 9. The molecule has 0 saturated heterocycles. The third-order valence-electron chi connectivity index (χ3n) is 4.60. The Labute approximate surface area is 193 Å². The Morgan fingerprint density at radius 2 is 1.90 bits per heavy atom. The minimum Gasteiger partial charge on any atom is -0.306 e. The molecule has 4 rings (SSSR count). The minimum absolute atomic E-state index is 0.0926. The van der Waals surface area contributed by atoms with Gasteiger partial charge in [0.1, 0.15) is 5.82 Å². The van der Waals surface area contributed by atoms with Gasteiger partial charge >= 0.3 is 0 Å². The summed E-state index contributed by atoms with van der Waals surface area (Å²) in [5.41, 5.74) is 3.47. The molecule has 9 heteroatoms. The lowest BCUT2D eigenvalue weighted by molar-refractivity contribution is -0.113. The minimum atomic E-state index is -0.0926. The normalized spacial score (nSPS) is 11.2. The first-order chi connectivity index (χ1) is 15.1. The highest BCUT2D eigenvalue weighted by Gasteiger charge is 2.14. The predicted molar refractivity (Wildman–Crippen MR) is 131 cm³/mol. The smallest absolute Gasteiger partial charge is 0.236 e. The molecule has 31 heavy (non-hydrogen) atoms. The second-order valence-corrected chi connectivity index (χ2v) is 9.90. The van der Waals surface area contributed by atoms with E-state index >= 15 is 0 Å². The van der Waals surface area contributed by atoms with Crippen molar-refractivity contribution in [3.05, 3.63) is 65.5 Å². The number of hydrogen-bond donors (Lipinski definition) is 1. The average Bonchev–Trinajstić information content (AvgIpc) is 3.36. The van der Waals surface area contributed by atoms with E-state index in [-0.39, 0.29) is 11.7 Å². The van der Waals surface area contributed by atoms with Gasteiger partial charge < -0.3 is 9.88 Å². The summed E-state index contributed by atoms with van der Waals surface area (Å²) in [7, 11) is 0. The van der Waals surface area contributed by atoms with Crippen LogP contribution < -0.4 is 5.32 Å². The van der Waals surface area contributed by atoms with Crippen molar-refractivity contribution in [2.75, 3.05) is 11.1 Å². The molecule has 2 heterocycles.